The third kappa shape index (κ3) is 2.92. The molecule has 1 nitrogen and oxygen atoms in total. The van der Waals surface area contributed by atoms with Crippen LogP contribution in [0.4, 0.5) is 0 Å². The van der Waals surface area contributed by atoms with Gasteiger partial charge in [-0.2, -0.15) is 0 Å². The van der Waals surface area contributed by atoms with Crippen LogP contribution >= 0.6 is 0 Å². The quantitative estimate of drug-likeness (QED) is 0.613. The van der Waals surface area contributed by atoms with Gasteiger partial charge in [0.05, 0.1) is 6.04 Å². The van der Waals surface area contributed by atoms with Crippen molar-refractivity contribution >= 4 is 0 Å². The number of aromatic nitrogens is 1. The van der Waals surface area contributed by atoms with E-state index in [-0.39, 0.29) is 0 Å². The van der Waals surface area contributed by atoms with Crippen molar-refractivity contribution in [1.29, 1.82) is 0 Å². The summed E-state index contributed by atoms with van der Waals surface area (Å²) >= 11 is 0. The molecular formula is C20H21N. The third-order valence-corrected chi connectivity index (χ3v) is 4.27. The van der Waals surface area contributed by atoms with E-state index in [1.165, 1.54) is 16.7 Å². The van der Waals surface area contributed by atoms with Gasteiger partial charge < -0.3 is 4.57 Å². The summed E-state index contributed by atoms with van der Waals surface area (Å²) in [7, 11) is 0. The first-order valence-electron chi connectivity index (χ1n) is 7.53. The predicted molar refractivity (Wildman–Crippen MR) is 88.6 cm³/mol. The van der Waals surface area contributed by atoms with Crippen LogP contribution in [-0.4, -0.2) is 4.57 Å². The zero-order valence-corrected chi connectivity index (χ0v) is 12.6. The molecule has 2 aromatic carbocycles. The highest BCUT2D eigenvalue weighted by Crippen LogP contribution is 2.26. The van der Waals surface area contributed by atoms with Gasteiger partial charge in [-0.05, 0) is 29.7 Å². The summed E-state index contributed by atoms with van der Waals surface area (Å²) in [5.41, 5.74) is 4.07. The smallest absolute Gasteiger partial charge is 0.0551 e. The largest absolute Gasteiger partial charge is 0.347 e. The van der Waals surface area contributed by atoms with Crippen molar-refractivity contribution in [2.45, 2.75) is 25.8 Å². The Morgan fingerprint density at radius 3 is 1.86 bits per heavy atom. The predicted octanol–water partition coefficient (Wildman–Crippen LogP) is 5.25. The van der Waals surface area contributed by atoms with E-state index in [2.05, 4.69) is 97.5 Å². The minimum Gasteiger partial charge on any atom is -0.347 e. The minimum atomic E-state index is 0.364. The Morgan fingerprint density at radius 2 is 1.24 bits per heavy atom. The first-order valence-corrected chi connectivity index (χ1v) is 7.53. The van der Waals surface area contributed by atoms with Crippen LogP contribution in [0.3, 0.4) is 0 Å². The molecule has 3 rings (SSSR count). The van der Waals surface area contributed by atoms with Gasteiger partial charge in [-0.3, -0.25) is 0 Å². The zero-order chi connectivity index (χ0) is 14.7. The molecule has 0 bridgehead atoms. The van der Waals surface area contributed by atoms with Gasteiger partial charge in [0.25, 0.3) is 0 Å². The monoisotopic (exact) mass is 275 g/mol. The van der Waals surface area contributed by atoms with E-state index in [4.69, 9.17) is 0 Å². The van der Waals surface area contributed by atoms with Crippen molar-refractivity contribution in [1.82, 2.24) is 4.57 Å². The summed E-state index contributed by atoms with van der Waals surface area (Å²) in [5.74, 6) is 0.426. The van der Waals surface area contributed by atoms with Gasteiger partial charge in [0.15, 0.2) is 0 Å². The Hall–Kier alpha value is -2.28. The molecule has 0 saturated carbocycles. The van der Waals surface area contributed by atoms with E-state index in [1.54, 1.807) is 0 Å². The van der Waals surface area contributed by atoms with Gasteiger partial charge in [0.2, 0.25) is 0 Å². The molecule has 21 heavy (non-hydrogen) atoms. The summed E-state index contributed by atoms with van der Waals surface area (Å²) in [4.78, 5) is 0. The molecule has 0 N–H and O–H groups in total. The highest BCUT2D eigenvalue weighted by Gasteiger charge is 2.12. The van der Waals surface area contributed by atoms with Crippen LogP contribution < -0.4 is 0 Å². The van der Waals surface area contributed by atoms with Crippen LogP contribution in [-0.2, 0) is 0 Å². The molecule has 3 aromatic rings. The first kappa shape index (κ1) is 13.7. The van der Waals surface area contributed by atoms with Gasteiger partial charge in [0.1, 0.15) is 0 Å². The maximum absolute atomic E-state index is 2.30. The molecule has 106 valence electrons. The third-order valence-electron chi connectivity index (χ3n) is 4.27. The minimum absolute atomic E-state index is 0.364. The van der Waals surface area contributed by atoms with Crippen LogP contribution in [0.1, 0.15) is 42.5 Å². The lowest BCUT2D eigenvalue weighted by Crippen LogP contribution is -2.04. The summed E-state index contributed by atoms with van der Waals surface area (Å²) in [5, 5.41) is 0. The maximum Gasteiger partial charge on any atom is 0.0551 e. The van der Waals surface area contributed by atoms with Crippen LogP contribution in [0, 0.1) is 0 Å². The Morgan fingerprint density at radius 1 is 0.667 bits per heavy atom. The van der Waals surface area contributed by atoms with Crippen LogP contribution in [0.2, 0.25) is 0 Å². The van der Waals surface area contributed by atoms with Gasteiger partial charge in [-0.25, -0.2) is 0 Å². The molecule has 0 spiro atoms. The molecule has 0 aliphatic carbocycles. The van der Waals surface area contributed by atoms with Gasteiger partial charge in [0, 0.05) is 18.3 Å². The molecular weight excluding hydrogens is 254 g/mol. The van der Waals surface area contributed by atoms with E-state index in [0.717, 1.165) is 0 Å². The Kier molecular flexibility index (Phi) is 3.92. The zero-order valence-electron chi connectivity index (χ0n) is 12.6. The van der Waals surface area contributed by atoms with E-state index in [9.17, 15) is 0 Å². The molecule has 1 aromatic heterocycles. The molecule has 0 amide bonds. The summed E-state index contributed by atoms with van der Waals surface area (Å²) in [6, 6.07) is 23.9. The maximum atomic E-state index is 2.30. The average molecular weight is 275 g/mol. The number of hydrogen-bond donors (Lipinski definition) is 0. The highest BCUT2D eigenvalue weighted by atomic mass is 15.0. The van der Waals surface area contributed by atoms with Crippen molar-refractivity contribution in [3.8, 4) is 0 Å². The standard InChI is InChI=1S/C20H21N/c1-16(18-9-5-3-6-10-18)20-13-14-21(15-20)17(2)19-11-7-4-8-12-19/h3-17H,1-2H3. The summed E-state index contributed by atoms with van der Waals surface area (Å²) < 4.78 is 2.30. The Balaban J connectivity index is 1.84. The van der Waals surface area contributed by atoms with Gasteiger partial charge in [-0.15, -0.1) is 0 Å². The number of benzene rings is 2. The van der Waals surface area contributed by atoms with E-state index < -0.39 is 0 Å². The fraction of sp³-hybridized carbons (Fsp3) is 0.200. The van der Waals surface area contributed by atoms with Gasteiger partial charge in [-0.1, -0.05) is 67.6 Å². The SMILES string of the molecule is CC(c1ccccc1)c1ccn(C(C)c2ccccc2)c1. The van der Waals surface area contributed by atoms with Gasteiger partial charge >= 0.3 is 0 Å². The molecule has 1 heteroatoms. The first-order chi connectivity index (χ1) is 10.3. The molecule has 1 heterocycles. The molecule has 2 unspecified atom stereocenters. The van der Waals surface area contributed by atoms with Crippen molar-refractivity contribution in [2.75, 3.05) is 0 Å². The van der Waals surface area contributed by atoms with Crippen LogP contribution in [0.25, 0.3) is 0 Å². The van der Waals surface area contributed by atoms with Crippen molar-refractivity contribution in [3.63, 3.8) is 0 Å². The van der Waals surface area contributed by atoms with E-state index in [1.807, 2.05) is 0 Å². The summed E-state index contributed by atoms with van der Waals surface area (Å²) in [6.45, 7) is 4.51. The number of rotatable bonds is 4. The Labute approximate surface area is 126 Å². The number of hydrogen-bond acceptors (Lipinski definition) is 0. The van der Waals surface area contributed by atoms with Crippen molar-refractivity contribution in [3.05, 3.63) is 95.8 Å². The average Bonchev–Trinajstić information content (AvgIpc) is 3.05. The molecule has 0 aliphatic heterocycles. The molecule has 0 radical (unpaired) electrons. The van der Waals surface area contributed by atoms with E-state index in [0.29, 0.717) is 12.0 Å². The second kappa shape index (κ2) is 6.01. The fourth-order valence-corrected chi connectivity index (χ4v) is 2.77. The normalized spacial score (nSPS) is 13.8. The fourth-order valence-electron chi connectivity index (χ4n) is 2.77. The topological polar surface area (TPSA) is 4.93 Å². The molecule has 0 aliphatic rings. The molecule has 0 fully saturated rings. The number of nitrogens with zero attached hydrogens (tertiary/aromatic N) is 1. The molecule has 2 atom stereocenters. The van der Waals surface area contributed by atoms with Crippen molar-refractivity contribution in [2.24, 2.45) is 0 Å². The Bertz CT molecular complexity index is 622. The lowest BCUT2D eigenvalue weighted by atomic mass is 9.95. The second-order valence-electron chi connectivity index (χ2n) is 5.61. The lowest BCUT2D eigenvalue weighted by molar-refractivity contribution is 0.640. The van der Waals surface area contributed by atoms with Crippen LogP contribution in [0.5, 0.6) is 0 Å². The molecule has 0 saturated heterocycles. The highest BCUT2D eigenvalue weighted by molar-refractivity contribution is 5.31. The van der Waals surface area contributed by atoms with Crippen molar-refractivity contribution < 1.29 is 0 Å². The van der Waals surface area contributed by atoms with E-state index >= 15 is 0 Å². The lowest BCUT2D eigenvalue weighted by Gasteiger charge is -2.15. The van der Waals surface area contributed by atoms with Crippen LogP contribution in [0.15, 0.2) is 79.1 Å². The summed E-state index contributed by atoms with van der Waals surface area (Å²) in [6.07, 6.45) is 4.46. The second-order valence-corrected chi connectivity index (χ2v) is 5.61.